The van der Waals surface area contributed by atoms with Gasteiger partial charge in [0.2, 0.25) is 0 Å². The number of fused-ring (bicyclic) bond motifs is 1. The van der Waals surface area contributed by atoms with Gasteiger partial charge in [-0.3, -0.25) is 0 Å². The van der Waals surface area contributed by atoms with E-state index in [9.17, 15) is 5.11 Å². The van der Waals surface area contributed by atoms with Crippen LogP contribution in [-0.4, -0.2) is 36.2 Å². The molecule has 2 heterocycles. The monoisotopic (exact) mass is 303 g/mol. The maximum absolute atomic E-state index is 10.8. The van der Waals surface area contributed by atoms with Crippen LogP contribution in [0.4, 0.5) is 0 Å². The van der Waals surface area contributed by atoms with Crippen molar-refractivity contribution in [2.24, 2.45) is 5.92 Å². The van der Waals surface area contributed by atoms with Gasteiger partial charge >= 0.3 is 0 Å². The van der Waals surface area contributed by atoms with Gasteiger partial charge in [0.15, 0.2) is 0 Å². The third-order valence-electron chi connectivity index (χ3n) is 5.04. The molecule has 0 aromatic heterocycles. The first-order valence-electron chi connectivity index (χ1n) is 8.63. The average molecular weight is 303 g/mol. The Labute approximate surface area is 134 Å². The first-order valence-corrected chi connectivity index (χ1v) is 8.63. The third kappa shape index (κ3) is 3.31. The van der Waals surface area contributed by atoms with Crippen LogP contribution in [0, 0.1) is 5.92 Å². The first-order chi connectivity index (χ1) is 10.4. The van der Waals surface area contributed by atoms with Gasteiger partial charge in [0, 0.05) is 18.0 Å². The summed E-state index contributed by atoms with van der Waals surface area (Å²) in [5, 5.41) is 10.8. The van der Waals surface area contributed by atoms with E-state index in [1.807, 2.05) is 6.07 Å². The van der Waals surface area contributed by atoms with Crippen LogP contribution in [0.15, 0.2) is 18.2 Å². The van der Waals surface area contributed by atoms with E-state index >= 15 is 0 Å². The number of aliphatic hydroxyl groups excluding tert-OH is 1. The molecule has 0 aliphatic carbocycles. The number of hydrogen-bond donors (Lipinski definition) is 1. The Morgan fingerprint density at radius 2 is 1.91 bits per heavy atom. The lowest BCUT2D eigenvalue weighted by atomic mass is 9.83. The molecule has 0 unspecified atom stereocenters. The SMILES string of the molecule is CC(C)(C)c1ccc2c(c1)[C@@H](O)[C@H](CN1CCCCC1)CO2. The quantitative estimate of drug-likeness (QED) is 0.907. The number of ether oxygens (including phenoxy) is 1. The summed E-state index contributed by atoms with van der Waals surface area (Å²) in [6.07, 6.45) is 3.51. The van der Waals surface area contributed by atoms with E-state index in [0.717, 1.165) is 30.9 Å². The number of nitrogens with zero attached hydrogens (tertiary/aromatic N) is 1. The number of aliphatic hydroxyl groups is 1. The minimum absolute atomic E-state index is 0.0918. The minimum atomic E-state index is -0.409. The van der Waals surface area contributed by atoms with Gasteiger partial charge in [-0.15, -0.1) is 0 Å². The number of hydrogen-bond acceptors (Lipinski definition) is 3. The highest BCUT2D eigenvalue weighted by Gasteiger charge is 2.32. The molecule has 0 spiro atoms. The Morgan fingerprint density at radius 3 is 2.59 bits per heavy atom. The highest BCUT2D eigenvalue weighted by molar-refractivity contribution is 5.42. The Morgan fingerprint density at radius 1 is 1.18 bits per heavy atom. The first kappa shape index (κ1) is 15.8. The van der Waals surface area contributed by atoms with Crippen LogP contribution in [0.1, 0.15) is 57.3 Å². The molecule has 122 valence electrons. The van der Waals surface area contributed by atoms with Crippen molar-refractivity contribution in [3.63, 3.8) is 0 Å². The molecule has 2 aliphatic heterocycles. The van der Waals surface area contributed by atoms with Crippen molar-refractivity contribution in [2.45, 2.75) is 51.6 Å². The van der Waals surface area contributed by atoms with E-state index in [2.05, 4.69) is 37.8 Å². The fourth-order valence-electron chi connectivity index (χ4n) is 3.55. The van der Waals surface area contributed by atoms with Gasteiger partial charge in [0.05, 0.1) is 12.7 Å². The lowest BCUT2D eigenvalue weighted by Gasteiger charge is -2.36. The Hall–Kier alpha value is -1.06. The van der Waals surface area contributed by atoms with Gasteiger partial charge in [-0.05, 0) is 49.0 Å². The summed E-state index contributed by atoms with van der Waals surface area (Å²) in [7, 11) is 0. The highest BCUT2D eigenvalue weighted by Crippen LogP contribution is 2.38. The maximum atomic E-state index is 10.8. The lowest BCUT2D eigenvalue weighted by molar-refractivity contribution is 0.0252. The van der Waals surface area contributed by atoms with Gasteiger partial charge in [-0.1, -0.05) is 33.3 Å². The minimum Gasteiger partial charge on any atom is -0.493 e. The second-order valence-electron chi connectivity index (χ2n) is 7.88. The van der Waals surface area contributed by atoms with Crippen molar-refractivity contribution in [3.05, 3.63) is 29.3 Å². The fourth-order valence-corrected chi connectivity index (χ4v) is 3.55. The molecule has 1 fully saturated rings. The predicted molar refractivity (Wildman–Crippen MR) is 89.4 cm³/mol. The zero-order valence-electron chi connectivity index (χ0n) is 14.1. The normalized spacial score (nSPS) is 26.4. The van der Waals surface area contributed by atoms with Gasteiger partial charge in [0.1, 0.15) is 5.75 Å². The predicted octanol–water partition coefficient (Wildman–Crippen LogP) is 3.51. The van der Waals surface area contributed by atoms with E-state index in [-0.39, 0.29) is 11.3 Å². The van der Waals surface area contributed by atoms with Gasteiger partial charge in [-0.25, -0.2) is 0 Å². The van der Waals surface area contributed by atoms with E-state index in [1.165, 1.54) is 24.8 Å². The summed E-state index contributed by atoms with van der Waals surface area (Å²) in [5.74, 6) is 1.04. The average Bonchev–Trinajstić information content (AvgIpc) is 2.50. The summed E-state index contributed by atoms with van der Waals surface area (Å²) in [6, 6.07) is 6.29. The lowest BCUT2D eigenvalue weighted by Crippen LogP contribution is -2.40. The van der Waals surface area contributed by atoms with Crippen LogP contribution < -0.4 is 4.74 Å². The molecule has 0 saturated carbocycles. The molecule has 2 aliphatic rings. The molecule has 3 heteroatoms. The molecule has 3 nitrogen and oxygen atoms in total. The molecule has 1 N–H and O–H groups in total. The van der Waals surface area contributed by atoms with Crippen molar-refractivity contribution in [1.29, 1.82) is 0 Å². The van der Waals surface area contributed by atoms with Crippen LogP contribution in [0.25, 0.3) is 0 Å². The molecule has 1 saturated heterocycles. The van der Waals surface area contributed by atoms with E-state index in [4.69, 9.17) is 4.74 Å². The molecule has 0 bridgehead atoms. The van der Waals surface area contributed by atoms with Crippen molar-refractivity contribution in [1.82, 2.24) is 4.90 Å². The Balaban J connectivity index is 1.76. The molecule has 1 aromatic rings. The van der Waals surface area contributed by atoms with Crippen molar-refractivity contribution in [2.75, 3.05) is 26.2 Å². The molecule has 1 aromatic carbocycles. The number of likely N-dealkylation sites (tertiary alicyclic amines) is 1. The van der Waals surface area contributed by atoms with Crippen molar-refractivity contribution in [3.8, 4) is 5.75 Å². The zero-order chi connectivity index (χ0) is 15.7. The zero-order valence-corrected chi connectivity index (χ0v) is 14.1. The Bertz CT molecular complexity index is 515. The van der Waals surface area contributed by atoms with E-state index in [0.29, 0.717) is 6.61 Å². The third-order valence-corrected chi connectivity index (χ3v) is 5.04. The molecular formula is C19H29NO2. The molecule has 2 atom stereocenters. The van der Waals surface area contributed by atoms with Gasteiger partial charge in [-0.2, -0.15) is 0 Å². The molecular weight excluding hydrogens is 274 g/mol. The summed E-state index contributed by atoms with van der Waals surface area (Å²) in [4.78, 5) is 2.49. The summed E-state index contributed by atoms with van der Waals surface area (Å²) in [5.41, 5.74) is 2.32. The van der Waals surface area contributed by atoms with Gasteiger partial charge < -0.3 is 14.7 Å². The van der Waals surface area contributed by atoms with Gasteiger partial charge in [0.25, 0.3) is 0 Å². The fraction of sp³-hybridized carbons (Fsp3) is 0.684. The number of rotatable bonds is 2. The molecule has 22 heavy (non-hydrogen) atoms. The van der Waals surface area contributed by atoms with Crippen LogP contribution in [0.5, 0.6) is 5.75 Å². The second kappa shape index (κ2) is 6.21. The van der Waals surface area contributed by atoms with E-state index < -0.39 is 6.10 Å². The topological polar surface area (TPSA) is 32.7 Å². The summed E-state index contributed by atoms with van der Waals surface area (Å²) < 4.78 is 5.93. The van der Waals surface area contributed by atoms with Crippen molar-refractivity contribution < 1.29 is 9.84 Å². The van der Waals surface area contributed by atoms with Crippen LogP contribution in [0.3, 0.4) is 0 Å². The molecule has 0 amide bonds. The summed E-state index contributed by atoms with van der Waals surface area (Å²) >= 11 is 0. The van der Waals surface area contributed by atoms with Crippen molar-refractivity contribution >= 4 is 0 Å². The molecule has 0 radical (unpaired) electrons. The summed E-state index contributed by atoms with van der Waals surface area (Å²) in [6.45, 7) is 10.5. The van der Waals surface area contributed by atoms with Crippen LogP contribution in [0.2, 0.25) is 0 Å². The van der Waals surface area contributed by atoms with Crippen LogP contribution in [-0.2, 0) is 5.41 Å². The number of piperidine rings is 1. The highest BCUT2D eigenvalue weighted by atomic mass is 16.5. The second-order valence-corrected chi connectivity index (χ2v) is 7.88. The van der Waals surface area contributed by atoms with Crippen LogP contribution >= 0.6 is 0 Å². The Kier molecular flexibility index (Phi) is 4.47. The molecule has 3 rings (SSSR count). The standard InChI is InChI=1S/C19H29NO2/c1-19(2,3)15-7-8-17-16(11-15)18(21)14(13-22-17)12-20-9-5-4-6-10-20/h7-8,11,14,18,21H,4-6,9-10,12-13H2,1-3H3/t14-,18+/m1/s1. The maximum Gasteiger partial charge on any atom is 0.125 e. The number of benzene rings is 1. The largest absolute Gasteiger partial charge is 0.493 e. The smallest absolute Gasteiger partial charge is 0.125 e. The van der Waals surface area contributed by atoms with E-state index in [1.54, 1.807) is 0 Å².